The van der Waals surface area contributed by atoms with Crippen molar-refractivity contribution in [3.05, 3.63) is 83.0 Å². The molecular weight excluding hydrogens is 340 g/mol. The van der Waals surface area contributed by atoms with Crippen LogP contribution in [0.2, 0.25) is 0 Å². The molecule has 1 N–H and O–H groups in total. The fourth-order valence-electron chi connectivity index (χ4n) is 3.34. The van der Waals surface area contributed by atoms with Crippen LogP contribution in [0, 0.1) is 0 Å². The van der Waals surface area contributed by atoms with Gasteiger partial charge in [0.1, 0.15) is 0 Å². The van der Waals surface area contributed by atoms with E-state index in [0.717, 1.165) is 25.2 Å². The van der Waals surface area contributed by atoms with Crippen molar-refractivity contribution in [3.8, 4) is 0 Å². The molecule has 138 valence electrons. The van der Waals surface area contributed by atoms with E-state index in [-0.39, 0.29) is 5.91 Å². The van der Waals surface area contributed by atoms with Gasteiger partial charge in [0.15, 0.2) is 11.5 Å². The number of nitrogens with one attached hydrogen (secondary N) is 1. The summed E-state index contributed by atoms with van der Waals surface area (Å²) in [5.41, 5.74) is 4.04. The SMILES string of the molecule is O=C(NCCc1ccccn1)c1cc(CN2CCc3ccccc3C2)on1. The standard InChI is InChI=1S/C21H22N4O2/c26-21(23-11-8-18-7-3-4-10-22-18)20-13-19(27-24-20)15-25-12-9-16-5-1-2-6-17(16)14-25/h1-7,10,13H,8-9,11-12,14-15H2,(H,23,26). The molecule has 1 aromatic carbocycles. The average molecular weight is 362 g/mol. The molecule has 1 aliphatic heterocycles. The molecule has 0 atom stereocenters. The Hall–Kier alpha value is -2.99. The Labute approximate surface area is 158 Å². The number of carbonyl (C=O) groups is 1. The molecule has 0 unspecified atom stereocenters. The summed E-state index contributed by atoms with van der Waals surface area (Å²) in [7, 11) is 0. The van der Waals surface area contributed by atoms with Gasteiger partial charge in [-0.25, -0.2) is 0 Å². The van der Waals surface area contributed by atoms with Crippen LogP contribution in [0.3, 0.4) is 0 Å². The summed E-state index contributed by atoms with van der Waals surface area (Å²) in [6.45, 7) is 3.04. The molecule has 3 heterocycles. The highest BCUT2D eigenvalue weighted by molar-refractivity contribution is 5.92. The summed E-state index contributed by atoms with van der Waals surface area (Å²) >= 11 is 0. The van der Waals surface area contributed by atoms with E-state index >= 15 is 0 Å². The van der Waals surface area contributed by atoms with E-state index in [2.05, 4.69) is 44.6 Å². The summed E-state index contributed by atoms with van der Waals surface area (Å²) in [6, 6.07) is 16.0. The Morgan fingerprint density at radius 3 is 2.85 bits per heavy atom. The lowest BCUT2D eigenvalue weighted by atomic mass is 10.00. The molecule has 0 fully saturated rings. The summed E-state index contributed by atoms with van der Waals surface area (Å²) < 4.78 is 5.38. The highest BCUT2D eigenvalue weighted by atomic mass is 16.5. The van der Waals surface area contributed by atoms with Gasteiger partial charge in [-0.2, -0.15) is 0 Å². The fraction of sp³-hybridized carbons (Fsp3) is 0.286. The lowest BCUT2D eigenvalue weighted by Gasteiger charge is -2.27. The second kappa shape index (κ2) is 8.14. The lowest BCUT2D eigenvalue weighted by Crippen LogP contribution is -2.29. The highest BCUT2D eigenvalue weighted by Gasteiger charge is 2.19. The smallest absolute Gasteiger partial charge is 0.273 e. The van der Waals surface area contributed by atoms with Gasteiger partial charge >= 0.3 is 0 Å². The third-order valence-electron chi connectivity index (χ3n) is 4.77. The number of carbonyl (C=O) groups excluding carboxylic acids is 1. The number of benzene rings is 1. The lowest BCUT2D eigenvalue weighted by molar-refractivity contribution is 0.0944. The molecule has 6 nitrogen and oxygen atoms in total. The number of rotatable bonds is 6. The van der Waals surface area contributed by atoms with Crippen LogP contribution in [0.1, 0.15) is 33.1 Å². The van der Waals surface area contributed by atoms with Crippen LogP contribution in [-0.2, 0) is 25.9 Å². The molecule has 0 aliphatic carbocycles. The van der Waals surface area contributed by atoms with Crippen LogP contribution in [0.15, 0.2) is 59.3 Å². The van der Waals surface area contributed by atoms with Crippen molar-refractivity contribution < 1.29 is 9.32 Å². The number of amides is 1. The zero-order chi connectivity index (χ0) is 18.5. The first-order chi connectivity index (χ1) is 13.3. The summed E-state index contributed by atoms with van der Waals surface area (Å²) in [4.78, 5) is 18.8. The van der Waals surface area contributed by atoms with Crippen molar-refractivity contribution >= 4 is 5.91 Å². The van der Waals surface area contributed by atoms with Gasteiger partial charge in [0, 0.05) is 44.0 Å². The fourth-order valence-corrected chi connectivity index (χ4v) is 3.34. The predicted molar refractivity (Wildman–Crippen MR) is 101 cm³/mol. The molecule has 0 saturated carbocycles. The van der Waals surface area contributed by atoms with Crippen LogP contribution >= 0.6 is 0 Å². The van der Waals surface area contributed by atoms with Crippen molar-refractivity contribution in [2.45, 2.75) is 25.9 Å². The largest absolute Gasteiger partial charge is 0.359 e. The molecule has 0 radical (unpaired) electrons. The minimum absolute atomic E-state index is 0.218. The van der Waals surface area contributed by atoms with Gasteiger partial charge in [-0.05, 0) is 29.7 Å². The van der Waals surface area contributed by atoms with Crippen LogP contribution in [-0.4, -0.2) is 34.0 Å². The number of nitrogens with zero attached hydrogens (tertiary/aromatic N) is 3. The highest BCUT2D eigenvalue weighted by Crippen LogP contribution is 2.20. The maximum absolute atomic E-state index is 12.2. The second-order valence-electron chi connectivity index (χ2n) is 6.73. The molecule has 0 saturated heterocycles. The van der Waals surface area contributed by atoms with E-state index in [0.29, 0.717) is 31.0 Å². The van der Waals surface area contributed by atoms with Crippen LogP contribution in [0.25, 0.3) is 0 Å². The predicted octanol–water partition coefficient (Wildman–Crippen LogP) is 2.60. The van der Waals surface area contributed by atoms with Gasteiger partial charge in [-0.15, -0.1) is 0 Å². The summed E-state index contributed by atoms with van der Waals surface area (Å²) in [5, 5.41) is 6.78. The first kappa shape index (κ1) is 17.4. The van der Waals surface area contributed by atoms with E-state index in [9.17, 15) is 4.79 Å². The van der Waals surface area contributed by atoms with Crippen LogP contribution < -0.4 is 5.32 Å². The molecule has 4 rings (SSSR count). The third-order valence-corrected chi connectivity index (χ3v) is 4.77. The van der Waals surface area contributed by atoms with E-state index in [1.165, 1.54) is 11.1 Å². The monoisotopic (exact) mass is 362 g/mol. The molecule has 6 heteroatoms. The Morgan fingerprint density at radius 1 is 1.15 bits per heavy atom. The quantitative estimate of drug-likeness (QED) is 0.730. The second-order valence-corrected chi connectivity index (χ2v) is 6.73. The zero-order valence-electron chi connectivity index (χ0n) is 15.1. The average Bonchev–Trinajstić information content (AvgIpc) is 3.17. The molecule has 0 bridgehead atoms. The van der Waals surface area contributed by atoms with E-state index in [1.807, 2.05) is 18.2 Å². The summed E-state index contributed by atoms with van der Waals surface area (Å²) in [6.07, 6.45) is 3.47. The van der Waals surface area contributed by atoms with Gasteiger partial charge < -0.3 is 9.84 Å². The van der Waals surface area contributed by atoms with Gasteiger partial charge in [0.05, 0.1) is 6.54 Å². The zero-order valence-corrected chi connectivity index (χ0v) is 15.1. The minimum Gasteiger partial charge on any atom is -0.359 e. The minimum atomic E-state index is -0.218. The van der Waals surface area contributed by atoms with Gasteiger partial charge in [0.2, 0.25) is 0 Å². The molecule has 2 aromatic heterocycles. The van der Waals surface area contributed by atoms with E-state index < -0.39 is 0 Å². The molecular formula is C21H22N4O2. The molecule has 0 spiro atoms. The van der Waals surface area contributed by atoms with Crippen molar-refractivity contribution in [1.29, 1.82) is 0 Å². The first-order valence-corrected chi connectivity index (χ1v) is 9.21. The van der Waals surface area contributed by atoms with Crippen LogP contribution in [0.4, 0.5) is 0 Å². The Balaban J connectivity index is 1.29. The number of hydrogen-bond donors (Lipinski definition) is 1. The Bertz CT molecular complexity index is 907. The molecule has 27 heavy (non-hydrogen) atoms. The first-order valence-electron chi connectivity index (χ1n) is 9.21. The number of pyridine rings is 1. The molecule has 1 aliphatic rings. The maximum Gasteiger partial charge on any atom is 0.273 e. The number of fused-ring (bicyclic) bond motifs is 1. The van der Waals surface area contributed by atoms with Crippen molar-refractivity contribution in [2.24, 2.45) is 0 Å². The Morgan fingerprint density at radius 2 is 2.00 bits per heavy atom. The maximum atomic E-state index is 12.2. The van der Waals surface area contributed by atoms with Crippen molar-refractivity contribution in [1.82, 2.24) is 20.4 Å². The van der Waals surface area contributed by atoms with Crippen molar-refractivity contribution in [3.63, 3.8) is 0 Å². The van der Waals surface area contributed by atoms with Gasteiger partial charge in [-0.3, -0.25) is 14.7 Å². The molecule has 1 amide bonds. The third kappa shape index (κ3) is 4.41. The topological polar surface area (TPSA) is 71.3 Å². The van der Waals surface area contributed by atoms with Crippen LogP contribution in [0.5, 0.6) is 0 Å². The van der Waals surface area contributed by atoms with Crippen molar-refractivity contribution in [2.75, 3.05) is 13.1 Å². The van der Waals surface area contributed by atoms with Gasteiger partial charge in [0.25, 0.3) is 5.91 Å². The normalized spacial score (nSPS) is 13.9. The molecule has 3 aromatic rings. The van der Waals surface area contributed by atoms with E-state index in [4.69, 9.17) is 4.52 Å². The number of aromatic nitrogens is 2. The summed E-state index contributed by atoms with van der Waals surface area (Å²) in [5.74, 6) is 0.495. The Kier molecular flexibility index (Phi) is 5.25. The number of hydrogen-bond acceptors (Lipinski definition) is 5. The van der Waals surface area contributed by atoms with Gasteiger partial charge in [-0.1, -0.05) is 35.5 Å². The van der Waals surface area contributed by atoms with E-state index in [1.54, 1.807) is 12.3 Å².